The van der Waals surface area contributed by atoms with Crippen LogP contribution in [-0.4, -0.2) is 34.6 Å². The molecule has 0 unspecified atom stereocenters. The Morgan fingerprint density at radius 3 is 2.44 bits per heavy atom. The summed E-state index contributed by atoms with van der Waals surface area (Å²) in [6, 6.07) is -0.803. The number of imide groups is 2. The number of carbonyl (C=O) groups is 4. The van der Waals surface area contributed by atoms with Crippen LogP contribution in [0.3, 0.4) is 0 Å². The molecule has 2 atom stereocenters. The number of rotatable bonds is 1. The molecule has 2 saturated heterocycles. The second-order valence-electron chi connectivity index (χ2n) is 4.17. The zero-order valence-corrected chi connectivity index (χ0v) is 8.86. The summed E-state index contributed by atoms with van der Waals surface area (Å²) in [5.41, 5.74) is 0. The van der Waals surface area contributed by atoms with Gasteiger partial charge < -0.3 is 0 Å². The molecule has 4 amide bonds. The van der Waals surface area contributed by atoms with E-state index in [4.69, 9.17) is 0 Å². The van der Waals surface area contributed by atoms with Gasteiger partial charge in [0.15, 0.2) is 0 Å². The van der Waals surface area contributed by atoms with Crippen LogP contribution in [0.4, 0.5) is 0 Å². The van der Waals surface area contributed by atoms with Crippen LogP contribution < -0.4 is 5.32 Å². The van der Waals surface area contributed by atoms with Gasteiger partial charge in [-0.15, -0.1) is 0 Å². The molecule has 6 nitrogen and oxygen atoms in total. The predicted molar refractivity (Wildman–Crippen MR) is 51.8 cm³/mol. The number of nitrogens with one attached hydrogen (secondary N) is 1. The molecule has 0 radical (unpaired) electrons. The van der Waals surface area contributed by atoms with E-state index in [0.29, 0.717) is 0 Å². The zero-order chi connectivity index (χ0) is 11.9. The third-order valence-corrected chi connectivity index (χ3v) is 2.93. The van der Waals surface area contributed by atoms with Gasteiger partial charge in [-0.3, -0.25) is 29.4 Å². The van der Waals surface area contributed by atoms with Crippen LogP contribution in [0, 0.1) is 5.92 Å². The first kappa shape index (κ1) is 10.8. The van der Waals surface area contributed by atoms with Crippen LogP contribution in [0.15, 0.2) is 0 Å². The Morgan fingerprint density at radius 1 is 1.25 bits per heavy atom. The molecule has 2 aliphatic rings. The van der Waals surface area contributed by atoms with E-state index in [0.717, 1.165) is 4.90 Å². The zero-order valence-electron chi connectivity index (χ0n) is 8.86. The Balaban J connectivity index is 2.19. The van der Waals surface area contributed by atoms with Crippen LogP contribution in [0.5, 0.6) is 0 Å². The first-order chi connectivity index (χ1) is 7.50. The van der Waals surface area contributed by atoms with Crippen molar-refractivity contribution in [3.8, 4) is 0 Å². The molecule has 86 valence electrons. The van der Waals surface area contributed by atoms with E-state index >= 15 is 0 Å². The highest BCUT2D eigenvalue weighted by Crippen LogP contribution is 2.24. The molecular weight excluding hydrogens is 212 g/mol. The van der Waals surface area contributed by atoms with Crippen LogP contribution in [0.25, 0.3) is 0 Å². The van der Waals surface area contributed by atoms with Crippen LogP contribution in [0.1, 0.15) is 26.2 Å². The van der Waals surface area contributed by atoms with Crippen molar-refractivity contribution in [3.05, 3.63) is 0 Å². The van der Waals surface area contributed by atoms with Gasteiger partial charge in [-0.1, -0.05) is 6.92 Å². The highest BCUT2D eigenvalue weighted by molar-refractivity contribution is 6.09. The molecule has 2 fully saturated rings. The van der Waals surface area contributed by atoms with Crippen molar-refractivity contribution in [3.63, 3.8) is 0 Å². The van der Waals surface area contributed by atoms with Crippen molar-refractivity contribution in [2.45, 2.75) is 32.2 Å². The highest BCUT2D eigenvalue weighted by atomic mass is 16.2. The van der Waals surface area contributed by atoms with E-state index < -0.39 is 11.9 Å². The Morgan fingerprint density at radius 2 is 1.94 bits per heavy atom. The molecule has 2 heterocycles. The van der Waals surface area contributed by atoms with Gasteiger partial charge in [-0.05, 0) is 6.42 Å². The van der Waals surface area contributed by atoms with Gasteiger partial charge >= 0.3 is 0 Å². The summed E-state index contributed by atoms with van der Waals surface area (Å²) in [7, 11) is 0. The third-order valence-electron chi connectivity index (χ3n) is 2.93. The molecule has 0 aromatic heterocycles. The number of carbonyl (C=O) groups excluding carboxylic acids is 4. The smallest absolute Gasteiger partial charge is 0.249 e. The van der Waals surface area contributed by atoms with Crippen molar-refractivity contribution in [1.82, 2.24) is 10.2 Å². The van der Waals surface area contributed by atoms with E-state index in [1.54, 1.807) is 6.92 Å². The summed E-state index contributed by atoms with van der Waals surface area (Å²) in [6.45, 7) is 1.66. The maximum atomic E-state index is 11.7. The molecule has 0 spiro atoms. The lowest BCUT2D eigenvalue weighted by Gasteiger charge is -2.28. The van der Waals surface area contributed by atoms with Crippen LogP contribution in [0.2, 0.25) is 0 Å². The van der Waals surface area contributed by atoms with Gasteiger partial charge in [0.2, 0.25) is 23.6 Å². The third kappa shape index (κ3) is 1.60. The normalized spacial score (nSPS) is 30.9. The Kier molecular flexibility index (Phi) is 2.49. The summed E-state index contributed by atoms with van der Waals surface area (Å²) < 4.78 is 0. The number of hydrogen-bond donors (Lipinski definition) is 1. The second kappa shape index (κ2) is 3.70. The maximum Gasteiger partial charge on any atom is 0.249 e. The van der Waals surface area contributed by atoms with Crippen molar-refractivity contribution < 1.29 is 19.2 Å². The first-order valence-electron chi connectivity index (χ1n) is 5.20. The molecule has 16 heavy (non-hydrogen) atoms. The Hall–Kier alpha value is -1.72. The monoisotopic (exact) mass is 224 g/mol. The molecule has 2 rings (SSSR count). The van der Waals surface area contributed by atoms with Gasteiger partial charge in [0, 0.05) is 18.8 Å². The topological polar surface area (TPSA) is 83.6 Å². The lowest BCUT2D eigenvalue weighted by Crippen LogP contribution is -2.54. The van der Waals surface area contributed by atoms with Gasteiger partial charge in [-0.2, -0.15) is 0 Å². The van der Waals surface area contributed by atoms with Gasteiger partial charge in [0.25, 0.3) is 0 Å². The summed E-state index contributed by atoms with van der Waals surface area (Å²) >= 11 is 0. The molecular formula is C10H12N2O4. The summed E-state index contributed by atoms with van der Waals surface area (Å²) in [5, 5.41) is 2.14. The molecule has 6 heteroatoms. The lowest BCUT2D eigenvalue weighted by atomic mass is 10.0. The molecule has 0 bridgehead atoms. The van der Waals surface area contributed by atoms with Gasteiger partial charge in [0.05, 0.1) is 0 Å². The van der Waals surface area contributed by atoms with Crippen molar-refractivity contribution in [2.75, 3.05) is 0 Å². The molecule has 0 aromatic carbocycles. The number of amides is 4. The fourth-order valence-electron chi connectivity index (χ4n) is 2.06. The van der Waals surface area contributed by atoms with E-state index in [1.807, 2.05) is 0 Å². The van der Waals surface area contributed by atoms with Crippen molar-refractivity contribution in [2.24, 2.45) is 5.92 Å². The Bertz CT molecular complexity index is 390. The minimum absolute atomic E-state index is 0.149. The standard InChI is InChI=1S/C10H12N2O4/c1-5-4-8(14)12(10(5)16)6-2-3-7(13)11-9(6)15/h5-6H,2-4H2,1H3,(H,11,13,15)/t5-,6-/m1/s1. The quantitative estimate of drug-likeness (QED) is 0.590. The van der Waals surface area contributed by atoms with Gasteiger partial charge in [0.1, 0.15) is 6.04 Å². The first-order valence-corrected chi connectivity index (χ1v) is 5.20. The van der Waals surface area contributed by atoms with E-state index in [9.17, 15) is 19.2 Å². The van der Waals surface area contributed by atoms with E-state index in [-0.39, 0.29) is 42.9 Å². The van der Waals surface area contributed by atoms with Crippen LogP contribution >= 0.6 is 0 Å². The lowest BCUT2D eigenvalue weighted by molar-refractivity contribution is -0.151. The molecule has 1 N–H and O–H groups in total. The van der Waals surface area contributed by atoms with E-state index in [1.165, 1.54) is 0 Å². The summed E-state index contributed by atoms with van der Waals surface area (Å²) in [5.74, 6) is -1.91. The highest BCUT2D eigenvalue weighted by Gasteiger charge is 2.44. The number of likely N-dealkylation sites (tertiary alicyclic amines) is 1. The fraction of sp³-hybridized carbons (Fsp3) is 0.600. The minimum Gasteiger partial charge on any atom is -0.295 e. The number of piperidine rings is 1. The predicted octanol–water partition coefficient (Wildman–Crippen LogP) is -0.813. The van der Waals surface area contributed by atoms with Gasteiger partial charge in [-0.25, -0.2) is 0 Å². The minimum atomic E-state index is -0.803. The van der Waals surface area contributed by atoms with E-state index in [2.05, 4.69) is 5.32 Å². The molecule has 2 aliphatic heterocycles. The Labute approximate surface area is 92.0 Å². The van der Waals surface area contributed by atoms with Crippen molar-refractivity contribution in [1.29, 1.82) is 0 Å². The number of hydrogen-bond acceptors (Lipinski definition) is 4. The largest absolute Gasteiger partial charge is 0.295 e. The average Bonchev–Trinajstić information content (AvgIpc) is 2.43. The number of nitrogens with zero attached hydrogens (tertiary/aromatic N) is 1. The molecule has 0 aliphatic carbocycles. The average molecular weight is 224 g/mol. The fourth-order valence-corrected chi connectivity index (χ4v) is 2.06. The maximum absolute atomic E-state index is 11.7. The summed E-state index contributed by atoms with van der Waals surface area (Å²) in [6.07, 6.45) is 0.549. The molecule has 0 aromatic rings. The summed E-state index contributed by atoms with van der Waals surface area (Å²) in [4.78, 5) is 46.7. The van der Waals surface area contributed by atoms with Crippen molar-refractivity contribution >= 4 is 23.6 Å². The second-order valence-corrected chi connectivity index (χ2v) is 4.17. The SMILES string of the molecule is C[C@@H]1CC(=O)N([C@@H]2CCC(=O)NC2=O)C1=O. The molecule has 0 saturated carbocycles. The van der Waals surface area contributed by atoms with Crippen LogP contribution in [-0.2, 0) is 19.2 Å².